The predicted octanol–water partition coefficient (Wildman–Crippen LogP) is 3.43. The fourth-order valence-electron chi connectivity index (χ4n) is 1.64. The molecule has 0 radical (unpaired) electrons. The first-order valence-electron chi connectivity index (χ1n) is 4.53. The van der Waals surface area contributed by atoms with Crippen LogP contribution in [0.15, 0.2) is 22.7 Å². The first-order valence-corrected chi connectivity index (χ1v) is 5.32. The summed E-state index contributed by atoms with van der Waals surface area (Å²) in [5.74, 6) is 0. The molecule has 14 heavy (non-hydrogen) atoms. The maximum atomic E-state index is 11.5. The van der Waals surface area contributed by atoms with Crippen molar-refractivity contribution in [1.29, 1.82) is 0 Å². The molecule has 0 spiro atoms. The zero-order chi connectivity index (χ0) is 10.3. The second-order valence-corrected chi connectivity index (χ2v) is 4.51. The highest BCUT2D eigenvalue weighted by molar-refractivity contribution is 9.10. The van der Waals surface area contributed by atoms with Gasteiger partial charge in [-0.25, -0.2) is 4.84 Å². The van der Waals surface area contributed by atoms with Crippen LogP contribution in [0, 0.1) is 4.91 Å². The van der Waals surface area contributed by atoms with Crippen LogP contribution in [-0.4, -0.2) is 4.92 Å². The van der Waals surface area contributed by atoms with Crippen molar-refractivity contribution in [3.05, 3.63) is 33.1 Å². The number of benzene rings is 1. The van der Waals surface area contributed by atoms with E-state index in [0.29, 0.717) is 10.6 Å². The summed E-state index contributed by atoms with van der Waals surface area (Å²) in [5.41, 5.74) is 1.08. The van der Waals surface area contributed by atoms with Crippen LogP contribution in [0.25, 0.3) is 0 Å². The smallest absolute Gasteiger partial charge is 0.215 e. The van der Waals surface area contributed by atoms with Crippen molar-refractivity contribution in [2.75, 3.05) is 0 Å². The topological polar surface area (TPSA) is 29.3 Å². The first-order chi connectivity index (χ1) is 6.57. The molecule has 0 saturated heterocycles. The van der Waals surface area contributed by atoms with E-state index in [-0.39, 0.29) is 0 Å². The van der Waals surface area contributed by atoms with Crippen LogP contribution >= 0.6 is 15.9 Å². The third kappa shape index (κ3) is 1.25. The summed E-state index contributed by atoms with van der Waals surface area (Å²) < 4.78 is 0.890. The summed E-state index contributed by atoms with van der Waals surface area (Å²) in [7, 11) is 0. The van der Waals surface area contributed by atoms with E-state index in [1.54, 1.807) is 6.07 Å². The van der Waals surface area contributed by atoms with Crippen LogP contribution in [0.2, 0.25) is 0 Å². The molecule has 3 nitrogen and oxygen atoms in total. The number of halogens is 1. The van der Waals surface area contributed by atoms with E-state index < -0.39 is 5.60 Å². The van der Waals surface area contributed by atoms with Gasteiger partial charge in [0, 0.05) is 10.5 Å². The van der Waals surface area contributed by atoms with Gasteiger partial charge in [0.25, 0.3) is 4.92 Å². The quantitative estimate of drug-likeness (QED) is 0.771. The molecule has 0 saturated carbocycles. The van der Waals surface area contributed by atoms with Gasteiger partial charge in [0.1, 0.15) is 0 Å². The van der Waals surface area contributed by atoms with Gasteiger partial charge in [0.15, 0.2) is 0 Å². The van der Waals surface area contributed by atoms with E-state index >= 15 is 0 Å². The monoisotopic (exact) mass is 256 g/mol. The van der Waals surface area contributed by atoms with Crippen molar-refractivity contribution in [1.82, 2.24) is 0 Å². The number of nitrogens with zero attached hydrogens (tertiary/aromatic N) is 1. The molecule has 1 unspecified atom stereocenters. The molecule has 1 atom stereocenters. The molecule has 0 fully saturated rings. The Hall–Kier alpha value is -0.900. The number of rotatable bonds is 1. The van der Waals surface area contributed by atoms with E-state index in [4.69, 9.17) is 4.84 Å². The van der Waals surface area contributed by atoms with Gasteiger partial charge in [-0.05, 0) is 25.5 Å². The lowest BCUT2D eigenvalue weighted by Crippen LogP contribution is -2.20. The highest BCUT2D eigenvalue weighted by atomic mass is 79.9. The van der Waals surface area contributed by atoms with Gasteiger partial charge in [0.2, 0.25) is 5.60 Å². The Kier molecular flexibility index (Phi) is 2.10. The van der Waals surface area contributed by atoms with Gasteiger partial charge >= 0.3 is 5.69 Å². The maximum Gasteiger partial charge on any atom is 0.325 e. The van der Waals surface area contributed by atoms with Gasteiger partial charge in [-0.2, -0.15) is 0 Å². The summed E-state index contributed by atoms with van der Waals surface area (Å²) in [6.45, 7) is 3.93. The second kappa shape index (κ2) is 3.05. The highest BCUT2D eigenvalue weighted by Gasteiger charge is 2.48. The SMILES string of the molecule is CCC1(C)O[N+](=O)c2cc(Br)ccc21. The van der Waals surface area contributed by atoms with Gasteiger partial charge in [-0.15, -0.1) is 0 Å². The van der Waals surface area contributed by atoms with Crippen LogP contribution < -0.4 is 0 Å². The van der Waals surface area contributed by atoms with E-state index in [1.165, 1.54) is 0 Å². The Bertz CT molecular complexity index is 405. The minimum atomic E-state index is -0.474. The minimum Gasteiger partial charge on any atom is -0.215 e. The number of hydrogen-bond donors (Lipinski definition) is 0. The largest absolute Gasteiger partial charge is 0.325 e. The molecule has 1 aliphatic heterocycles. The Labute approximate surface area is 90.7 Å². The van der Waals surface area contributed by atoms with Crippen LogP contribution in [0.1, 0.15) is 25.8 Å². The van der Waals surface area contributed by atoms with E-state index in [2.05, 4.69) is 15.9 Å². The van der Waals surface area contributed by atoms with E-state index in [0.717, 1.165) is 16.5 Å². The normalized spacial score (nSPS) is 24.6. The van der Waals surface area contributed by atoms with Gasteiger partial charge in [0.05, 0.1) is 10.5 Å². The molecule has 1 aromatic rings. The third-order valence-corrected chi connectivity index (χ3v) is 3.18. The van der Waals surface area contributed by atoms with Crippen molar-refractivity contribution in [2.45, 2.75) is 25.9 Å². The Balaban J connectivity index is 2.61. The minimum absolute atomic E-state index is 0.474. The number of fused-ring (bicyclic) bond motifs is 1. The van der Waals surface area contributed by atoms with Gasteiger partial charge < -0.3 is 0 Å². The van der Waals surface area contributed by atoms with Crippen molar-refractivity contribution >= 4 is 21.6 Å². The lowest BCUT2D eigenvalue weighted by Gasteiger charge is -2.13. The van der Waals surface area contributed by atoms with Gasteiger partial charge in [-0.3, -0.25) is 0 Å². The highest BCUT2D eigenvalue weighted by Crippen LogP contribution is 2.43. The maximum absolute atomic E-state index is 11.5. The molecular weight excluding hydrogens is 246 g/mol. The van der Waals surface area contributed by atoms with E-state index in [9.17, 15) is 4.91 Å². The van der Waals surface area contributed by atoms with E-state index in [1.807, 2.05) is 26.0 Å². The average Bonchev–Trinajstić information content (AvgIpc) is 2.40. The molecule has 1 heterocycles. The molecule has 0 N–H and O–H groups in total. The van der Waals surface area contributed by atoms with Crippen LogP contribution in [0.3, 0.4) is 0 Å². The zero-order valence-electron chi connectivity index (χ0n) is 8.08. The Morgan fingerprint density at radius 1 is 1.57 bits per heavy atom. The summed E-state index contributed by atoms with van der Waals surface area (Å²) >= 11 is 3.33. The number of hydrogen-bond acceptors (Lipinski definition) is 2. The molecule has 0 aromatic heterocycles. The molecule has 2 rings (SSSR count). The van der Waals surface area contributed by atoms with Crippen LogP contribution in [-0.2, 0) is 10.4 Å². The summed E-state index contributed by atoms with van der Waals surface area (Å²) in [6.07, 6.45) is 0.778. The summed E-state index contributed by atoms with van der Waals surface area (Å²) in [6, 6.07) is 5.64. The van der Waals surface area contributed by atoms with Crippen molar-refractivity contribution in [2.24, 2.45) is 0 Å². The standard InChI is InChI=1S/C10H11BrNO2/c1-3-10(2)8-5-4-7(11)6-9(8)12(13)14-10/h4-6H,3H2,1-2H3/q+1. The summed E-state index contributed by atoms with van der Waals surface area (Å²) in [4.78, 5) is 17.3. The molecule has 1 aliphatic rings. The molecule has 1 aromatic carbocycles. The first kappa shape index (κ1) is 9.65. The van der Waals surface area contributed by atoms with Crippen molar-refractivity contribution in [3.8, 4) is 0 Å². The van der Waals surface area contributed by atoms with Crippen LogP contribution in [0.4, 0.5) is 5.69 Å². The Morgan fingerprint density at radius 2 is 2.29 bits per heavy atom. The predicted molar refractivity (Wildman–Crippen MR) is 56.2 cm³/mol. The molecule has 0 aliphatic carbocycles. The van der Waals surface area contributed by atoms with Crippen molar-refractivity contribution < 1.29 is 9.76 Å². The van der Waals surface area contributed by atoms with Crippen LogP contribution in [0.5, 0.6) is 0 Å². The summed E-state index contributed by atoms with van der Waals surface area (Å²) in [5, 5.41) is 0. The average molecular weight is 257 g/mol. The molecule has 0 amide bonds. The van der Waals surface area contributed by atoms with Crippen molar-refractivity contribution in [3.63, 3.8) is 0 Å². The fourth-order valence-corrected chi connectivity index (χ4v) is 1.99. The fraction of sp³-hybridized carbons (Fsp3) is 0.400. The molecule has 0 bridgehead atoms. The third-order valence-electron chi connectivity index (χ3n) is 2.69. The zero-order valence-corrected chi connectivity index (χ0v) is 9.67. The van der Waals surface area contributed by atoms with Gasteiger partial charge in [-0.1, -0.05) is 22.9 Å². The second-order valence-electron chi connectivity index (χ2n) is 3.59. The molecule has 4 heteroatoms. The molecule has 74 valence electrons. The Morgan fingerprint density at radius 3 is 2.93 bits per heavy atom. The lowest BCUT2D eigenvalue weighted by molar-refractivity contribution is -0.757. The molecular formula is C10H11BrNO2+. The lowest BCUT2D eigenvalue weighted by atomic mass is 9.93.